The number of amides is 1. The van der Waals surface area contributed by atoms with E-state index < -0.39 is 5.60 Å². The molecule has 5 aliphatic heterocycles. The molecule has 0 aromatic heterocycles. The number of nitrogens with zero attached hydrogens (tertiary/aromatic N) is 2. The van der Waals surface area contributed by atoms with Crippen molar-refractivity contribution in [2.45, 2.75) is 58.6 Å². The summed E-state index contributed by atoms with van der Waals surface area (Å²) in [5, 5.41) is 33.5. The Balaban J connectivity index is 1.28. The standard InChI is InChI=1S/C38H42N2O6/c1-38(2,3)46-37(44)40-20-18-39(19-21-40)24-29-13-12-28-11-6-25-7-14-30(15-8-25)45-34-23-27(10-17-32(34)41)5-4-26-9-16-31(33(42)22-26)35(28)36(29)43/h7-10,12-17,22-23,41-43H,4-6,11,18-21,24H2,1-3H3. The van der Waals surface area contributed by atoms with E-state index in [2.05, 4.69) is 11.0 Å². The highest BCUT2D eigenvalue weighted by Gasteiger charge is 2.27. The Hall–Kier alpha value is -4.69. The fourth-order valence-electron chi connectivity index (χ4n) is 6.13. The monoisotopic (exact) mass is 622 g/mol. The number of piperazine rings is 1. The smallest absolute Gasteiger partial charge is 0.410 e. The van der Waals surface area contributed by atoms with Gasteiger partial charge in [0.2, 0.25) is 0 Å². The van der Waals surface area contributed by atoms with Gasteiger partial charge in [0.05, 0.1) is 0 Å². The van der Waals surface area contributed by atoms with Gasteiger partial charge in [-0.3, -0.25) is 4.90 Å². The van der Waals surface area contributed by atoms with Crippen LogP contribution in [-0.4, -0.2) is 63.0 Å². The third-order valence-corrected chi connectivity index (χ3v) is 8.66. The molecule has 240 valence electrons. The predicted octanol–water partition coefficient (Wildman–Crippen LogP) is 7.20. The number of benzene rings is 4. The van der Waals surface area contributed by atoms with Gasteiger partial charge in [-0.05, 0) is 99.0 Å². The summed E-state index contributed by atoms with van der Waals surface area (Å²) >= 11 is 0. The number of hydrogen-bond donors (Lipinski definition) is 3. The molecule has 0 atom stereocenters. The zero-order valence-electron chi connectivity index (χ0n) is 26.8. The van der Waals surface area contributed by atoms with Crippen LogP contribution in [-0.2, 0) is 37.0 Å². The number of carbonyl (C=O) groups excluding carboxylic acids is 1. The molecular weight excluding hydrogens is 580 g/mol. The maximum atomic E-state index is 12.5. The van der Waals surface area contributed by atoms with E-state index in [0.717, 1.165) is 34.2 Å². The zero-order valence-corrected chi connectivity index (χ0v) is 26.8. The van der Waals surface area contributed by atoms with Gasteiger partial charge in [-0.2, -0.15) is 0 Å². The largest absolute Gasteiger partial charge is 0.507 e. The first kappa shape index (κ1) is 31.3. The summed E-state index contributed by atoms with van der Waals surface area (Å²) in [4.78, 5) is 16.5. The minimum absolute atomic E-state index is 0.0862. The second-order valence-corrected chi connectivity index (χ2v) is 13.3. The van der Waals surface area contributed by atoms with E-state index in [4.69, 9.17) is 9.47 Å². The van der Waals surface area contributed by atoms with Crippen LogP contribution in [0.5, 0.6) is 28.7 Å². The first-order valence-corrected chi connectivity index (χ1v) is 16.0. The summed E-state index contributed by atoms with van der Waals surface area (Å²) in [7, 11) is 0. The van der Waals surface area contributed by atoms with Crippen molar-refractivity contribution in [2.24, 2.45) is 0 Å². The third kappa shape index (κ3) is 7.23. The summed E-state index contributed by atoms with van der Waals surface area (Å²) in [5.74, 6) is 1.44. The summed E-state index contributed by atoms with van der Waals surface area (Å²) in [6.45, 7) is 8.56. The van der Waals surface area contributed by atoms with Crippen LogP contribution in [0.25, 0.3) is 11.1 Å². The second kappa shape index (κ2) is 13.0. The maximum absolute atomic E-state index is 12.5. The van der Waals surface area contributed by atoms with Crippen LogP contribution >= 0.6 is 0 Å². The third-order valence-electron chi connectivity index (χ3n) is 8.66. The van der Waals surface area contributed by atoms with E-state index in [1.165, 1.54) is 0 Å². The Morgan fingerprint density at radius 1 is 0.761 bits per heavy atom. The number of rotatable bonds is 2. The van der Waals surface area contributed by atoms with Gasteiger partial charge in [0, 0.05) is 49.4 Å². The number of carbonyl (C=O) groups is 1. The lowest BCUT2D eigenvalue weighted by Crippen LogP contribution is -2.49. The van der Waals surface area contributed by atoms with Crippen molar-refractivity contribution in [3.8, 4) is 39.9 Å². The van der Waals surface area contributed by atoms with Gasteiger partial charge >= 0.3 is 6.09 Å². The van der Waals surface area contributed by atoms with Crippen molar-refractivity contribution in [1.82, 2.24) is 9.80 Å². The Morgan fingerprint density at radius 2 is 1.41 bits per heavy atom. The van der Waals surface area contributed by atoms with E-state index >= 15 is 0 Å². The van der Waals surface area contributed by atoms with Crippen LogP contribution < -0.4 is 4.74 Å². The number of phenols is 3. The van der Waals surface area contributed by atoms with Gasteiger partial charge < -0.3 is 29.7 Å². The van der Waals surface area contributed by atoms with Crippen molar-refractivity contribution < 1.29 is 29.6 Å². The predicted molar refractivity (Wildman–Crippen MR) is 178 cm³/mol. The number of ether oxygens (including phenoxy) is 2. The van der Waals surface area contributed by atoms with Crippen LogP contribution in [0.15, 0.2) is 72.8 Å². The van der Waals surface area contributed by atoms with Crippen molar-refractivity contribution in [3.05, 3.63) is 101 Å². The second-order valence-electron chi connectivity index (χ2n) is 13.3. The molecule has 4 aromatic rings. The Kier molecular flexibility index (Phi) is 8.82. The number of hydrogen-bond acceptors (Lipinski definition) is 7. The normalized spacial score (nSPS) is 15.5. The molecule has 0 saturated carbocycles. The van der Waals surface area contributed by atoms with Crippen LogP contribution in [0.1, 0.15) is 48.6 Å². The Morgan fingerprint density at radius 3 is 2.11 bits per heavy atom. The molecule has 46 heavy (non-hydrogen) atoms. The highest BCUT2D eigenvalue weighted by Crippen LogP contribution is 2.42. The lowest BCUT2D eigenvalue weighted by molar-refractivity contribution is 0.0138. The first-order valence-electron chi connectivity index (χ1n) is 16.0. The fourth-order valence-corrected chi connectivity index (χ4v) is 6.13. The average Bonchev–Trinajstić information content (AvgIpc) is 3.02. The Bertz CT molecular complexity index is 1720. The van der Waals surface area contributed by atoms with E-state index in [1.54, 1.807) is 17.0 Å². The fraction of sp³-hybridized carbons (Fsp3) is 0.342. The van der Waals surface area contributed by atoms with Crippen LogP contribution in [0.3, 0.4) is 0 Å². The van der Waals surface area contributed by atoms with Crippen molar-refractivity contribution in [2.75, 3.05) is 26.2 Å². The molecule has 3 N–H and O–H groups in total. The molecule has 1 fully saturated rings. The molecule has 8 heteroatoms. The highest BCUT2D eigenvalue weighted by molar-refractivity contribution is 5.80. The van der Waals surface area contributed by atoms with Gasteiger partial charge in [-0.15, -0.1) is 0 Å². The molecule has 9 rings (SSSR count). The van der Waals surface area contributed by atoms with Gasteiger partial charge in [-0.1, -0.05) is 42.5 Å². The number of phenolic OH excluding ortho intramolecular Hbond substituents is 3. The summed E-state index contributed by atoms with van der Waals surface area (Å²) in [6.07, 6.45) is 2.45. The summed E-state index contributed by atoms with van der Waals surface area (Å²) in [5.41, 5.74) is 5.51. The van der Waals surface area contributed by atoms with Crippen LogP contribution in [0.2, 0.25) is 0 Å². The molecular formula is C38H42N2O6. The minimum atomic E-state index is -0.537. The minimum Gasteiger partial charge on any atom is -0.507 e. The molecule has 4 aromatic carbocycles. The average molecular weight is 623 g/mol. The lowest BCUT2D eigenvalue weighted by Gasteiger charge is -2.35. The molecule has 0 aliphatic carbocycles. The van der Waals surface area contributed by atoms with E-state index in [-0.39, 0.29) is 23.3 Å². The molecule has 1 saturated heterocycles. The lowest BCUT2D eigenvalue weighted by atomic mass is 9.90. The van der Waals surface area contributed by atoms with Gasteiger partial charge in [-0.25, -0.2) is 4.79 Å². The van der Waals surface area contributed by atoms with Crippen molar-refractivity contribution in [1.29, 1.82) is 0 Å². The molecule has 0 spiro atoms. The topological polar surface area (TPSA) is 103 Å². The SMILES string of the molecule is CC(C)(C)OC(=O)N1CCN(Cc2ccc3c(c2O)-c2ccc(cc2O)CCc2ccc(O)c(c2)Oc2ccc(cc2)CC3)CC1. The summed E-state index contributed by atoms with van der Waals surface area (Å²) < 4.78 is 11.6. The van der Waals surface area contributed by atoms with Gasteiger partial charge in [0.1, 0.15) is 22.8 Å². The van der Waals surface area contributed by atoms with E-state index in [1.807, 2.05) is 75.4 Å². The van der Waals surface area contributed by atoms with Crippen LogP contribution in [0.4, 0.5) is 4.79 Å². The molecule has 8 nitrogen and oxygen atoms in total. The van der Waals surface area contributed by atoms with Crippen LogP contribution in [0, 0.1) is 0 Å². The van der Waals surface area contributed by atoms with E-state index in [9.17, 15) is 20.1 Å². The van der Waals surface area contributed by atoms with Crippen molar-refractivity contribution in [3.63, 3.8) is 0 Å². The van der Waals surface area contributed by atoms with Gasteiger partial charge in [0.25, 0.3) is 0 Å². The maximum Gasteiger partial charge on any atom is 0.410 e. The Labute approximate surface area is 270 Å². The quantitative estimate of drug-likeness (QED) is 0.217. The number of aryl methyl sites for hydroxylation is 4. The van der Waals surface area contributed by atoms with Crippen molar-refractivity contribution >= 4 is 6.09 Å². The highest BCUT2D eigenvalue weighted by atomic mass is 16.6. The molecule has 1 amide bonds. The molecule has 6 bridgehead atoms. The summed E-state index contributed by atoms with van der Waals surface area (Å²) in [6, 6.07) is 22.9. The first-order chi connectivity index (χ1) is 22.0. The van der Waals surface area contributed by atoms with Gasteiger partial charge in [0.15, 0.2) is 11.5 Å². The number of aromatic hydroxyl groups is 3. The molecule has 5 aliphatic rings. The molecule has 0 radical (unpaired) electrons. The molecule has 0 unspecified atom stereocenters. The molecule has 5 heterocycles. The van der Waals surface area contributed by atoms with E-state index in [0.29, 0.717) is 74.6 Å². The zero-order chi connectivity index (χ0) is 32.4.